The first-order valence-electron chi connectivity index (χ1n) is 6.05. The van der Waals surface area contributed by atoms with Gasteiger partial charge in [-0.05, 0) is 18.9 Å². The molecule has 5 nitrogen and oxygen atoms in total. The second-order valence-corrected chi connectivity index (χ2v) is 4.45. The molecule has 0 aromatic heterocycles. The average Bonchev–Trinajstić information content (AvgIpc) is 2.38. The molecule has 1 aromatic carbocycles. The van der Waals surface area contributed by atoms with Crippen molar-refractivity contribution < 1.29 is 9.59 Å². The summed E-state index contributed by atoms with van der Waals surface area (Å²) >= 11 is 0. The van der Waals surface area contributed by atoms with Crippen LogP contribution in [0.5, 0.6) is 0 Å². The molecule has 0 heterocycles. The molecule has 2 atom stereocenters. The van der Waals surface area contributed by atoms with Gasteiger partial charge >= 0.3 is 0 Å². The lowest BCUT2D eigenvalue weighted by atomic mass is 10.0. The molecule has 0 aliphatic carbocycles. The number of primary amides is 1. The smallest absolute Gasteiger partial charge is 0.240 e. The van der Waals surface area contributed by atoms with Gasteiger partial charge in [-0.1, -0.05) is 30.3 Å². The maximum absolute atomic E-state index is 11.8. The molecule has 0 radical (unpaired) electrons. The first kappa shape index (κ1) is 14.7. The minimum absolute atomic E-state index is 0.186. The summed E-state index contributed by atoms with van der Waals surface area (Å²) in [6, 6.07) is 10.4. The molecule has 0 fully saturated rings. The van der Waals surface area contributed by atoms with Crippen molar-refractivity contribution in [1.82, 2.24) is 5.32 Å². The van der Waals surface area contributed by atoms with E-state index in [9.17, 15) is 9.59 Å². The maximum Gasteiger partial charge on any atom is 0.240 e. The van der Waals surface area contributed by atoms with E-state index >= 15 is 0 Å². The van der Waals surface area contributed by atoms with Crippen LogP contribution in [0, 0.1) is 17.2 Å². The van der Waals surface area contributed by atoms with Crippen molar-refractivity contribution in [3.8, 4) is 6.07 Å². The number of hydrogen-bond acceptors (Lipinski definition) is 3. The van der Waals surface area contributed by atoms with Crippen LogP contribution in [0.15, 0.2) is 30.3 Å². The number of nitriles is 1. The highest BCUT2D eigenvalue weighted by molar-refractivity contribution is 5.87. The van der Waals surface area contributed by atoms with Crippen molar-refractivity contribution in [2.75, 3.05) is 0 Å². The molecule has 1 aromatic rings. The Morgan fingerprint density at radius 2 is 2.00 bits per heavy atom. The van der Waals surface area contributed by atoms with E-state index in [2.05, 4.69) is 5.32 Å². The molecular formula is C14H17N3O2. The van der Waals surface area contributed by atoms with Crippen molar-refractivity contribution in [2.24, 2.45) is 11.7 Å². The molecule has 0 saturated carbocycles. The fourth-order valence-corrected chi connectivity index (χ4v) is 1.68. The monoisotopic (exact) mass is 259 g/mol. The molecule has 0 unspecified atom stereocenters. The van der Waals surface area contributed by atoms with Gasteiger partial charge in [0.05, 0.1) is 12.5 Å². The molecule has 19 heavy (non-hydrogen) atoms. The number of benzene rings is 1. The molecule has 0 saturated heterocycles. The Labute approximate surface area is 112 Å². The van der Waals surface area contributed by atoms with Crippen LogP contribution in [-0.2, 0) is 16.0 Å². The lowest BCUT2D eigenvalue weighted by Gasteiger charge is -2.16. The fourth-order valence-electron chi connectivity index (χ4n) is 1.68. The zero-order valence-corrected chi connectivity index (χ0v) is 10.8. The van der Waals surface area contributed by atoms with Crippen molar-refractivity contribution in [3.63, 3.8) is 0 Å². The number of hydrogen-bond donors (Lipinski definition) is 2. The molecule has 3 N–H and O–H groups in total. The molecule has 0 aliphatic rings. The second kappa shape index (κ2) is 7.17. The third-order valence-electron chi connectivity index (χ3n) is 2.70. The number of nitrogens with two attached hydrogens (primary N) is 1. The van der Waals surface area contributed by atoms with Gasteiger partial charge in [0.15, 0.2) is 0 Å². The summed E-state index contributed by atoms with van der Waals surface area (Å²) in [5, 5.41) is 11.3. The molecule has 5 heteroatoms. The van der Waals surface area contributed by atoms with Crippen LogP contribution < -0.4 is 11.1 Å². The highest BCUT2D eigenvalue weighted by Crippen LogP contribution is 2.05. The largest absolute Gasteiger partial charge is 0.368 e. The van der Waals surface area contributed by atoms with E-state index in [-0.39, 0.29) is 24.7 Å². The zero-order chi connectivity index (χ0) is 14.3. The first-order valence-corrected chi connectivity index (χ1v) is 6.05. The van der Waals surface area contributed by atoms with Crippen molar-refractivity contribution in [3.05, 3.63) is 35.9 Å². The topological polar surface area (TPSA) is 96.0 Å². The van der Waals surface area contributed by atoms with Crippen LogP contribution in [0.4, 0.5) is 0 Å². The maximum atomic E-state index is 11.8. The van der Waals surface area contributed by atoms with E-state index in [0.29, 0.717) is 0 Å². The highest BCUT2D eigenvalue weighted by Gasteiger charge is 2.20. The van der Waals surface area contributed by atoms with Crippen LogP contribution >= 0.6 is 0 Å². The Morgan fingerprint density at radius 1 is 1.37 bits per heavy atom. The summed E-state index contributed by atoms with van der Waals surface area (Å²) in [5.74, 6) is -1.24. The van der Waals surface area contributed by atoms with Crippen molar-refractivity contribution in [2.45, 2.75) is 25.8 Å². The van der Waals surface area contributed by atoms with Crippen LogP contribution in [0.25, 0.3) is 0 Å². The van der Waals surface area contributed by atoms with E-state index in [4.69, 9.17) is 11.0 Å². The van der Waals surface area contributed by atoms with Crippen molar-refractivity contribution >= 4 is 11.8 Å². The Kier molecular flexibility index (Phi) is 5.55. The van der Waals surface area contributed by atoms with Gasteiger partial charge in [0, 0.05) is 5.92 Å². The highest BCUT2D eigenvalue weighted by atomic mass is 16.2. The van der Waals surface area contributed by atoms with E-state index in [1.807, 2.05) is 36.4 Å². The van der Waals surface area contributed by atoms with E-state index in [1.165, 1.54) is 0 Å². The SMILES string of the molecule is C[C@@H](C#N)C[C@@H](NC(=O)Cc1ccccc1)C(N)=O. The summed E-state index contributed by atoms with van der Waals surface area (Å²) in [6.07, 6.45) is 0.415. The minimum Gasteiger partial charge on any atom is -0.368 e. The lowest BCUT2D eigenvalue weighted by Crippen LogP contribution is -2.45. The van der Waals surface area contributed by atoms with Gasteiger partial charge in [0.25, 0.3) is 0 Å². The van der Waals surface area contributed by atoms with Crippen LogP contribution in [0.3, 0.4) is 0 Å². The predicted molar refractivity (Wildman–Crippen MR) is 70.7 cm³/mol. The molecule has 0 spiro atoms. The van der Waals surface area contributed by atoms with E-state index in [0.717, 1.165) is 5.56 Å². The number of nitrogens with one attached hydrogen (secondary N) is 1. The average molecular weight is 259 g/mol. The first-order chi connectivity index (χ1) is 9.02. The van der Waals surface area contributed by atoms with Gasteiger partial charge in [-0.2, -0.15) is 5.26 Å². The Morgan fingerprint density at radius 3 is 2.53 bits per heavy atom. The molecule has 1 rings (SSSR count). The zero-order valence-electron chi connectivity index (χ0n) is 10.8. The van der Waals surface area contributed by atoms with Crippen LogP contribution in [-0.4, -0.2) is 17.9 Å². The standard InChI is InChI=1S/C14H17N3O2/c1-10(9-15)7-12(14(16)19)17-13(18)8-11-5-3-2-4-6-11/h2-6,10,12H,7-8H2,1H3,(H2,16,19)(H,17,18)/t10-,12-/m1/s1. The summed E-state index contributed by atoms with van der Waals surface area (Å²) in [7, 11) is 0. The second-order valence-electron chi connectivity index (χ2n) is 4.45. The van der Waals surface area contributed by atoms with Gasteiger partial charge in [-0.15, -0.1) is 0 Å². The third-order valence-corrected chi connectivity index (χ3v) is 2.70. The van der Waals surface area contributed by atoms with Crippen molar-refractivity contribution in [1.29, 1.82) is 5.26 Å². The number of rotatable bonds is 6. The predicted octanol–water partition coefficient (Wildman–Crippen LogP) is 0.749. The summed E-state index contributed by atoms with van der Waals surface area (Å²) in [4.78, 5) is 23.0. The lowest BCUT2D eigenvalue weighted by molar-refractivity contribution is -0.127. The van der Waals surface area contributed by atoms with Crippen LogP contribution in [0.1, 0.15) is 18.9 Å². The summed E-state index contributed by atoms with van der Waals surface area (Å²) in [5.41, 5.74) is 6.08. The van der Waals surface area contributed by atoms with Gasteiger partial charge in [-0.3, -0.25) is 9.59 Å². The fraction of sp³-hybridized carbons (Fsp3) is 0.357. The van der Waals surface area contributed by atoms with Gasteiger partial charge < -0.3 is 11.1 Å². The number of carbonyl (C=O) groups excluding carboxylic acids is 2. The molecule has 100 valence electrons. The third kappa shape index (κ3) is 5.21. The Bertz CT molecular complexity index is 479. The van der Waals surface area contributed by atoms with Crippen LogP contribution in [0.2, 0.25) is 0 Å². The number of carbonyl (C=O) groups is 2. The van der Waals surface area contributed by atoms with Gasteiger partial charge in [0.2, 0.25) is 11.8 Å². The summed E-state index contributed by atoms with van der Waals surface area (Å²) < 4.78 is 0. The quantitative estimate of drug-likeness (QED) is 0.789. The molecule has 0 aliphatic heterocycles. The van der Waals surface area contributed by atoms with E-state index < -0.39 is 11.9 Å². The molecular weight excluding hydrogens is 242 g/mol. The normalized spacial score (nSPS) is 13.1. The number of amides is 2. The Balaban J connectivity index is 2.57. The van der Waals surface area contributed by atoms with E-state index in [1.54, 1.807) is 6.92 Å². The van der Waals surface area contributed by atoms with Gasteiger partial charge in [0.1, 0.15) is 6.04 Å². The molecule has 0 bridgehead atoms. The summed E-state index contributed by atoms with van der Waals surface area (Å²) in [6.45, 7) is 1.68. The van der Waals surface area contributed by atoms with Gasteiger partial charge in [-0.25, -0.2) is 0 Å². The molecule has 2 amide bonds. The minimum atomic E-state index is -0.800. The Hall–Kier alpha value is -2.35. The number of nitrogens with zero attached hydrogens (tertiary/aromatic N) is 1.